The third-order valence-electron chi connectivity index (χ3n) is 1.49. The Labute approximate surface area is 87.8 Å². The van der Waals surface area contributed by atoms with E-state index in [0.717, 1.165) is 0 Å². The number of rotatable bonds is 4. The zero-order valence-corrected chi connectivity index (χ0v) is 9.78. The summed E-state index contributed by atoms with van der Waals surface area (Å²) >= 11 is 3.40. The molecule has 0 aliphatic heterocycles. The van der Waals surface area contributed by atoms with Crippen molar-refractivity contribution in [3.8, 4) is 0 Å². The molecule has 0 amide bonds. The van der Waals surface area contributed by atoms with Crippen LogP contribution in [-0.4, -0.2) is 16.3 Å². The highest BCUT2D eigenvalue weighted by atomic mass is 32.2. The summed E-state index contributed by atoms with van der Waals surface area (Å²) in [6, 6.07) is 0. The van der Waals surface area contributed by atoms with Crippen molar-refractivity contribution in [2.45, 2.75) is 24.0 Å². The lowest BCUT2D eigenvalue weighted by molar-refractivity contribution is 0.778. The van der Waals surface area contributed by atoms with Crippen molar-refractivity contribution < 1.29 is 0 Å². The van der Waals surface area contributed by atoms with Gasteiger partial charge in [0.05, 0.1) is 11.2 Å². The van der Waals surface area contributed by atoms with Crippen LogP contribution < -0.4 is 0 Å². The summed E-state index contributed by atoms with van der Waals surface area (Å²) in [5, 5.41) is 1.19. The van der Waals surface area contributed by atoms with E-state index in [2.05, 4.69) is 25.4 Å². The Morgan fingerprint density at radius 1 is 1.69 bits per heavy atom. The predicted octanol–water partition coefficient (Wildman–Crippen LogP) is 3.35. The van der Waals surface area contributed by atoms with Crippen molar-refractivity contribution in [3.63, 3.8) is 0 Å². The Morgan fingerprint density at radius 3 is 2.85 bits per heavy atom. The van der Waals surface area contributed by atoms with E-state index in [9.17, 15) is 0 Å². The first-order valence-corrected chi connectivity index (χ1v) is 5.71. The molecule has 1 heterocycles. The summed E-state index contributed by atoms with van der Waals surface area (Å²) in [5.74, 6) is 0.522. The van der Waals surface area contributed by atoms with E-state index in [4.69, 9.17) is 0 Å². The molecule has 0 bridgehead atoms. The van der Waals surface area contributed by atoms with Gasteiger partial charge in [-0.05, 0) is 11.9 Å². The molecule has 0 aromatic carbocycles. The highest BCUT2D eigenvalue weighted by Gasteiger charge is 2.06. The van der Waals surface area contributed by atoms with E-state index >= 15 is 0 Å². The summed E-state index contributed by atoms with van der Waals surface area (Å²) in [7, 11) is 1.98. The highest BCUT2D eigenvalue weighted by molar-refractivity contribution is 7.99. The van der Waals surface area contributed by atoms with E-state index in [0.29, 0.717) is 5.92 Å². The largest absolute Gasteiger partial charge is 0.322 e. The van der Waals surface area contributed by atoms with Gasteiger partial charge in [-0.2, -0.15) is 0 Å². The molecule has 0 unspecified atom stereocenters. The summed E-state index contributed by atoms with van der Waals surface area (Å²) in [5.41, 5.74) is 0. The van der Waals surface area contributed by atoms with Crippen LogP contribution in [0.15, 0.2) is 23.2 Å². The van der Waals surface area contributed by atoms with Crippen LogP contribution in [0.1, 0.15) is 24.8 Å². The summed E-state index contributed by atoms with van der Waals surface area (Å²) < 4.78 is 3.18. The standard InChI is InChI=1S/C9H14N2S2/c1-5-11(4)13-8-6-10-9(12-8)7(2)3/h5-7H,1H2,2-4H3. The summed E-state index contributed by atoms with van der Waals surface area (Å²) in [6.07, 6.45) is 3.71. The fraction of sp³-hybridized carbons (Fsp3) is 0.444. The molecule has 0 atom stereocenters. The van der Waals surface area contributed by atoms with Crippen molar-refractivity contribution in [2.75, 3.05) is 7.05 Å². The van der Waals surface area contributed by atoms with Gasteiger partial charge in [0.15, 0.2) is 0 Å². The molecule has 1 aromatic rings. The fourth-order valence-electron chi connectivity index (χ4n) is 0.760. The maximum absolute atomic E-state index is 4.34. The molecule has 72 valence electrons. The average molecular weight is 214 g/mol. The number of thiazole rings is 1. The van der Waals surface area contributed by atoms with Gasteiger partial charge in [0.2, 0.25) is 0 Å². The molecule has 0 fully saturated rings. The number of hydrogen-bond acceptors (Lipinski definition) is 4. The van der Waals surface area contributed by atoms with Gasteiger partial charge in [0.25, 0.3) is 0 Å². The molecule has 0 spiro atoms. The molecule has 13 heavy (non-hydrogen) atoms. The third-order valence-corrected chi connectivity index (χ3v) is 3.78. The average Bonchev–Trinajstić information content (AvgIpc) is 2.52. The third kappa shape index (κ3) is 3.04. The maximum Gasteiger partial charge on any atom is 0.101 e. The number of hydrogen-bond donors (Lipinski definition) is 0. The first-order valence-electron chi connectivity index (χ1n) is 4.12. The molecule has 0 radical (unpaired) electrons. The molecule has 0 saturated carbocycles. The Bertz CT molecular complexity index is 281. The van der Waals surface area contributed by atoms with Crippen LogP contribution in [0.3, 0.4) is 0 Å². The summed E-state index contributed by atoms with van der Waals surface area (Å²) in [6.45, 7) is 8.00. The Kier molecular flexibility index (Phi) is 3.81. The van der Waals surface area contributed by atoms with Crippen molar-refractivity contribution in [2.24, 2.45) is 0 Å². The van der Waals surface area contributed by atoms with Crippen molar-refractivity contribution in [1.82, 2.24) is 9.29 Å². The van der Waals surface area contributed by atoms with Gasteiger partial charge >= 0.3 is 0 Å². The second kappa shape index (κ2) is 4.67. The fourth-order valence-corrected chi connectivity index (χ4v) is 2.63. The van der Waals surface area contributed by atoms with Gasteiger partial charge in [0, 0.05) is 19.2 Å². The predicted molar refractivity (Wildman–Crippen MR) is 60.0 cm³/mol. The zero-order valence-electron chi connectivity index (χ0n) is 8.15. The van der Waals surface area contributed by atoms with Gasteiger partial charge in [-0.1, -0.05) is 20.4 Å². The van der Waals surface area contributed by atoms with Gasteiger partial charge in [0.1, 0.15) is 4.21 Å². The van der Waals surface area contributed by atoms with Crippen LogP contribution in [0.5, 0.6) is 0 Å². The van der Waals surface area contributed by atoms with Gasteiger partial charge in [-0.3, -0.25) is 0 Å². The maximum atomic E-state index is 4.34. The highest BCUT2D eigenvalue weighted by Crippen LogP contribution is 2.30. The molecule has 0 saturated heterocycles. The molecular weight excluding hydrogens is 200 g/mol. The Morgan fingerprint density at radius 2 is 2.38 bits per heavy atom. The SMILES string of the molecule is C=CN(C)Sc1cnc(C(C)C)s1. The van der Waals surface area contributed by atoms with Crippen LogP contribution in [0.2, 0.25) is 0 Å². The second-order valence-corrected chi connectivity index (χ2v) is 5.51. The van der Waals surface area contributed by atoms with Crippen LogP contribution in [-0.2, 0) is 0 Å². The molecular formula is C9H14N2S2. The van der Waals surface area contributed by atoms with Crippen LogP contribution in [0, 0.1) is 0 Å². The molecule has 0 aliphatic rings. The Balaban J connectivity index is 2.63. The van der Waals surface area contributed by atoms with Crippen LogP contribution >= 0.6 is 23.3 Å². The van der Waals surface area contributed by atoms with E-state index in [-0.39, 0.29) is 0 Å². The monoisotopic (exact) mass is 214 g/mol. The Hall–Kier alpha value is -0.480. The van der Waals surface area contributed by atoms with E-state index in [1.54, 1.807) is 29.5 Å². The van der Waals surface area contributed by atoms with Crippen LogP contribution in [0.25, 0.3) is 0 Å². The van der Waals surface area contributed by atoms with E-state index < -0.39 is 0 Å². The van der Waals surface area contributed by atoms with Gasteiger partial charge in [-0.25, -0.2) is 4.98 Å². The van der Waals surface area contributed by atoms with E-state index in [1.165, 1.54) is 9.22 Å². The van der Waals surface area contributed by atoms with Gasteiger partial charge in [-0.15, -0.1) is 11.3 Å². The van der Waals surface area contributed by atoms with Crippen molar-refractivity contribution in [1.29, 1.82) is 0 Å². The first kappa shape index (κ1) is 10.6. The quantitative estimate of drug-likeness (QED) is 0.715. The minimum Gasteiger partial charge on any atom is -0.322 e. The zero-order chi connectivity index (χ0) is 9.84. The van der Waals surface area contributed by atoms with Gasteiger partial charge < -0.3 is 4.31 Å². The van der Waals surface area contributed by atoms with E-state index in [1.807, 2.05) is 17.5 Å². The molecule has 0 aliphatic carbocycles. The second-order valence-electron chi connectivity index (χ2n) is 2.99. The van der Waals surface area contributed by atoms with Crippen molar-refractivity contribution >= 4 is 23.3 Å². The van der Waals surface area contributed by atoms with Crippen LogP contribution in [0.4, 0.5) is 0 Å². The molecule has 0 N–H and O–H groups in total. The van der Waals surface area contributed by atoms with Crippen molar-refractivity contribution in [3.05, 3.63) is 24.0 Å². The summed E-state index contributed by atoms with van der Waals surface area (Å²) in [4.78, 5) is 4.34. The topological polar surface area (TPSA) is 16.1 Å². The molecule has 1 aromatic heterocycles. The first-order chi connectivity index (χ1) is 6.13. The number of nitrogens with zero attached hydrogens (tertiary/aromatic N) is 2. The lowest BCUT2D eigenvalue weighted by atomic mass is 10.2. The lowest BCUT2D eigenvalue weighted by Gasteiger charge is -2.08. The molecule has 4 heteroatoms. The smallest absolute Gasteiger partial charge is 0.101 e. The minimum atomic E-state index is 0.522. The molecule has 2 nitrogen and oxygen atoms in total. The lowest BCUT2D eigenvalue weighted by Crippen LogP contribution is -1.95. The normalized spacial score (nSPS) is 10.5. The molecule has 1 rings (SSSR count). The number of aromatic nitrogens is 1. The minimum absolute atomic E-state index is 0.522.